The van der Waals surface area contributed by atoms with Crippen LogP contribution in [0.2, 0.25) is 0 Å². The summed E-state index contributed by atoms with van der Waals surface area (Å²) in [5.74, 6) is 4.08. The highest BCUT2D eigenvalue weighted by Gasteiger charge is 2.54. The van der Waals surface area contributed by atoms with Gasteiger partial charge < -0.3 is 0 Å². The van der Waals surface area contributed by atoms with Crippen LogP contribution in [0.3, 0.4) is 0 Å². The third-order valence-corrected chi connectivity index (χ3v) is 8.38. The number of rotatable bonds is 3. The fraction of sp³-hybridized carbons (Fsp3) is 0.826. The quantitative estimate of drug-likeness (QED) is 0.489. The molecule has 4 aliphatic rings. The lowest BCUT2D eigenvalue weighted by Crippen LogP contribution is -2.43. The van der Waals surface area contributed by atoms with E-state index in [9.17, 15) is 0 Å². The Morgan fingerprint density at radius 3 is 2.87 bits per heavy atom. The van der Waals surface area contributed by atoms with Crippen LogP contribution in [-0.2, 0) is 0 Å². The van der Waals surface area contributed by atoms with Crippen molar-refractivity contribution in [3.63, 3.8) is 0 Å². The molecule has 0 bridgehead atoms. The normalized spacial score (nSPS) is 42.8. The molecule has 4 rings (SSSR count). The van der Waals surface area contributed by atoms with Crippen LogP contribution in [0.4, 0.5) is 0 Å². The Labute approximate surface area is 143 Å². The molecule has 4 aliphatic carbocycles. The van der Waals surface area contributed by atoms with Gasteiger partial charge in [-0.2, -0.15) is 0 Å². The molecule has 0 aromatic heterocycles. The fourth-order valence-corrected chi connectivity index (χ4v) is 7.11. The second-order valence-corrected chi connectivity index (χ2v) is 9.44. The molecule has 5 atom stereocenters. The first-order chi connectivity index (χ1) is 11.1. The Kier molecular flexibility index (Phi) is 4.23. The van der Waals surface area contributed by atoms with Gasteiger partial charge in [0.15, 0.2) is 0 Å². The molecule has 0 nitrogen and oxygen atoms in total. The van der Waals surface area contributed by atoms with E-state index in [2.05, 4.69) is 26.8 Å². The molecule has 128 valence electrons. The second-order valence-electron chi connectivity index (χ2n) is 9.44. The first-order valence-electron chi connectivity index (χ1n) is 10.5. The van der Waals surface area contributed by atoms with Gasteiger partial charge in [-0.25, -0.2) is 0 Å². The first-order valence-corrected chi connectivity index (χ1v) is 10.5. The van der Waals surface area contributed by atoms with E-state index >= 15 is 0 Å². The van der Waals surface area contributed by atoms with Crippen LogP contribution >= 0.6 is 0 Å². The van der Waals surface area contributed by atoms with Crippen molar-refractivity contribution in [2.45, 2.75) is 91.4 Å². The minimum Gasteiger partial charge on any atom is -0.0812 e. The number of hydrogen-bond donors (Lipinski definition) is 0. The monoisotopic (exact) mass is 312 g/mol. The van der Waals surface area contributed by atoms with E-state index in [0.29, 0.717) is 5.41 Å². The lowest BCUT2D eigenvalue weighted by molar-refractivity contribution is 0.0116. The van der Waals surface area contributed by atoms with Crippen molar-refractivity contribution in [1.82, 2.24) is 0 Å². The van der Waals surface area contributed by atoms with Crippen LogP contribution in [0.25, 0.3) is 0 Å². The lowest BCUT2D eigenvalue weighted by Gasteiger charge is -2.52. The average Bonchev–Trinajstić information content (AvgIpc) is 2.89. The molecule has 0 radical (unpaired) electrons. The maximum atomic E-state index is 2.69. The zero-order chi connectivity index (χ0) is 16.0. The molecule has 2 fully saturated rings. The molecule has 0 saturated heterocycles. The summed E-state index contributed by atoms with van der Waals surface area (Å²) in [7, 11) is 0. The molecule has 0 N–H and O–H groups in total. The Bertz CT molecular complexity index is 522. The Morgan fingerprint density at radius 1 is 1.17 bits per heavy atom. The molecule has 5 unspecified atom stereocenters. The topological polar surface area (TPSA) is 0 Å². The molecule has 0 heteroatoms. The predicted octanol–water partition coefficient (Wildman–Crippen LogP) is 7.07. The van der Waals surface area contributed by atoms with E-state index in [1.807, 2.05) is 11.1 Å². The van der Waals surface area contributed by atoms with Crippen LogP contribution in [-0.4, -0.2) is 0 Å². The van der Waals surface area contributed by atoms with Crippen LogP contribution in [0.5, 0.6) is 0 Å². The summed E-state index contributed by atoms with van der Waals surface area (Å²) in [5.41, 5.74) is 6.08. The van der Waals surface area contributed by atoms with Crippen LogP contribution in [0.1, 0.15) is 91.4 Å². The van der Waals surface area contributed by atoms with Crippen LogP contribution in [0.15, 0.2) is 22.8 Å². The van der Waals surface area contributed by atoms with Crippen LogP contribution in [0, 0.1) is 29.1 Å². The van der Waals surface area contributed by atoms with Gasteiger partial charge in [-0.3, -0.25) is 0 Å². The van der Waals surface area contributed by atoms with Gasteiger partial charge in [0, 0.05) is 0 Å². The minimum absolute atomic E-state index is 0.689. The summed E-state index contributed by atoms with van der Waals surface area (Å²) < 4.78 is 0. The third-order valence-electron chi connectivity index (χ3n) is 8.38. The zero-order valence-electron chi connectivity index (χ0n) is 15.7. The average molecular weight is 313 g/mol. The molecular weight excluding hydrogens is 276 g/mol. The molecule has 23 heavy (non-hydrogen) atoms. The van der Waals surface area contributed by atoms with Gasteiger partial charge in [-0.15, -0.1) is 0 Å². The van der Waals surface area contributed by atoms with Crippen molar-refractivity contribution in [2.24, 2.45) is 29.1 Å². The summed E-state index contributed by atoms with van der Waals surface area (Å²) in [4.78, 5) is 0. The van der Waals surface area contributed by atoms with Gasteiger partial charge >= 0.3 is 0 Å². The van der Waals surface area contributed by atoms with E-state index in [1.54, 1.807) is 12.0 Å². The number of allylic oxidation sites excluding steroid dienone is 4. The predicted molar refractivity (Wildman–Crippen MR) is 99.3 cm³/mol. The molecule has 0 aromatic rings. The highest BCUT2D eigenvalue weighted by Crippen LogP contribution is 2.63. The van der Waals surface area contributed by atoms with Gasteiger partial charge in [-0.1, -0.05) is 49.5 Å². The maximum Gasteiger partial charge on any atom is -0.0108 e. The highest BCUT2D eigenvalue weighted by atomic mass is 14.6. The highest BCUT2D eigenvalue weighted by molar-refractivity contribution is 5.33. The van der Waals surface area contributed by atoms with Crippen molar-refractivity contribution in [3.8, 4) is 0 Å². The second kappa shape index (κ2) is 6.08. The summed E-state index contributed by atoms with van der Waals surface area (Å²) in [6.45, 7) is 7.39. The van der Waals surface area contributed by atoms with E-state index in [4.69, 9.17) is 0 Å². The fourth-order valence-electron chi connectivity index (χ4n) is 7.11. The van der Waals surface area contributed by atoms with Gasteiger partial charge in [-0.05, 0) is 93.8 Å². The number of unbranched alkanes of at least 4 members (excludes halogenated alkanes) is 1. The maximum absolute atomic E-state index is 2.69. The van der Waals surface area contributed by atoms with Crippen molar-refractivity contribution in [1.29, 1.82) is 0 Å². The van der Waals surface area contributed by atoms with E-state index in [-0.39, 0.29) is 0 Å². The molecule has 0 spiro atoms. The van der Waals surface area contributed by atoms with Gasteiger partial charge in [0.05, 0.1) is 0 Å². The Morgan fingerprint density at radius 2 is 2.04 bits per heavy atom. The molecule has 2 saturated carbocycles. The Balaban J connectivity index is 1.54. The molecule has 0 amide bonds. The van der Waals surface area contributed by atoms with Gasteiger partial charge in [0.25, 0.3) is 0 Å². The molecule has 0 aliphatic heterocycles. The number of hydrogen-bond acceptors (Lipinski definition) is 0. The smallest absolute Gasteiger partial charge is 0.0108 e. The summed E-state index contributed by atoms with van der Waals surface area (Å²) >= 11 is 0. The van der Waals surface area contributed by atoms with E-state index < -0.39 is 0 Å². The summed E-state index contributed by atoms with van der Waals surface area (Å²) in [6.07, 6.45) is 18.5. The largest absolute Gasteiger partial charge is 0.0812 e. The first kappa shape index (κ1) is 16.0. The van der Waals surface area contributed by atoms with Crippen molar-refractivity contribution in [2.75, 3.05) is 0 Å². The standard InChI is InChI=1S/C23H36/c1-4-5-6-18-9-12-22-21-11-8-17-15-16(2)7-10-19(17)20(21)13-14-23(18,22)3/h7,18,20-22H,4-6,8-15H2,1-3H3. The van der Waals surface area contributed by atoms with Gasteiger partial charge in [0.1, 0.15) is 0 Å². The van der Waals surface area contributed by atoms with Crippen molar-refractivity contribution >= 4 is 0 Å². The minimum atomic E-state index is 0.689. The Hall–Kier alpha value is -0.520. The molecule has 0 aromatic carbocycles. The zero-order valence-corrected chi connectivity index (χ0v) is 15.7. The van der Waals surface area contributed by atoms with E-state index in [1.165, 1.54) is 64.2 Å². The van der Waals surface area contributed by atoms with Crippen molar-refractivity contribution in [3.05, 3.63) is 22.8 Å². The lowest BCUT2D eigenvalue weighted by atomic mass is 9.53. The van der Waals surface area contributed by atoms with E-state index in [0.717, 1.165) is 23.7 Å². The van der Waals surface area contributed by atoms with Crippen LogP contribution < -0.4 is 0 Å². The molecular formula is C23H36. The molecule has 0 heterocycles. The summed E-state index contributed by atoms with van der Waals surface area (Å²) in [6, 6.07) is 0. The van der Waals surface area contributed by atoms with Crippen molar-refractivity contribution < 1.29 is 0 Å². The summed E-state index contributed by atoms with van der Waals surface area (Å²) in [5, 5.41) is 0. The van der Waals surface area contributed by atoms with Gasteiger partial charge in [0.2, 0.25) is 0 Å². The third kappa shape index (κ3) is 2.56. The number of fused-ring (bicyclic) bond motifs is 4. The SMILES string of the molecule is CCCCC1CCC2C3CCC4=C(CC=C(C)C4)C3CCC12C.